The molecule has 1 unspecified atom stereocenters. The molecule has 1 aromatic carbocycles. The zero-order valence-corrected chi connectivity index (χ0v) is 10.4. The molecule has 0 saturated carbocycles. The third-order valence-electron chi connectivity index (χ3n) is 3.09. The zero-order valence-electron chi connectivity index (χ0n) is 9.65. The Bertz CT molecular complexity index is 536. The van der Waals surface area contributed by atoms with Crippen molar-refractivity contribution in [1.29, 1.82) is 0 Å². The molecular weight excluding hydrogens is 236 g/mol. The Morgan fingerprint density at radius 3 is 3.18 bits per heavy atom. The van der Waals surface area contributed by atoms with Gasteiger partial charge in [-0.25, -0.2) is 10.3 Å². The van der Waals surface area contributed by atoms with Crippen molar-refractivity contribution in [2.45, 2.75) is 6.04 Å². The topological polar surface area (TPSA) is 46.0 Å². The van der Waals surface area contributed by atoms with Gasteiger partial charge in [0.25, 0.3) is 0 Å². The molecule has 1 aromatic heterocycles. The normalized spacial score (nSPS) is 22.1. The first-order chi connectivity index (χ1) is 8.22. The van der Waals surface area contributed by atoms with E-state index in [0.717, 1.165) is 36.5 Å². The number of halogens is 1. The van der Waals surface area contributed by atoms with Crippen molar-refractivity contribution in [3.8, 4) is 0 Å². The van der Waals surface area contributed by atoms with Crippen molar-refractivity contribution >= 4 is 22.6 Å². The smallest absolute Gasteiger partial charge is 0.127 e. The van der Waals surface area contributed by atoms with Gasteiger partial charge < -0.3 is 9.88 Å². The first-order valence-electron chi connectivity index (χ1n) is 5.73. The van der Waals surface area contributed by atoms with E-state index in [1.165, 1.54) is 0 Å². The van der Waals surface area contributed by atoms with Crippen molar-refractivity contribution < 1.29 is 0 Å². The number of rotatable bonds is 1. The standard InChI is InChI=1S/C12H14ClN4/c1-17-5-4-14-11(7-17)12-15-9-3-2-8(13)6-10(9)16-12/h2-3,6,11H,4-5,7H2,1H3,(H,15,16). The Morgan fingerprint density at radius 1 is 1.47 bits per heavy atom. The molecule has 1 fully saturated rings. The summed E-state index contributed by atoms with van der Waals surface area (Å²) in [5.41, 5.74) is 1.93. The molecule has 5 heteroatoms. The summed E-state index contributed by atoms with van der Waals surface area (Å²) in [6.07, 6.45) is 0. The van der Waals surface area contributed by atoms with Crippen LogP contribution in [0.3, 0.4) is 0 Å². The van der Waals surface area contributed by atoms with Crippen molar-refractivity contribution in [1.82, 2.24) is 20.2 Å². The number of imidazole rings is 1. The molecule has 0 aliphatic carbocycles. The molecule has 1 aliphatic rings. The van der Waals surface area contributed by atoms with Gasteiger partial charge in [0.2, 0.25) is 0 Å². The summed E-state index contributed by atoms with van der Waals surface area (Å²) in [5, 5.41) is 5.32. The minimum Gasteiger partial charge on any atom is -0.341 e. The van der Waals surface area contributed by atoms with Crippen LogP contribution in [0.1, 0.15) is 11.9 Å². The maximum absolute atomic E-state index is 5.95. The number of aromatic nitrogens is 2. The zero-order chi connectivity index (χ0) is 11.8. The van der Waals surface area contributed by atoms with Crippen LogP contribution in [-0.2, 0) is 0 Å². The number of nitrogens with zero attached hydrogens (tertiary/aromatic N) is 3. The molecule has 17 heavy (non-hydrogen) atoms. The average molecular weight is 250 g/mol. The Kier molecular flexibility index (Phi) is 2.78. The minimum absolute atomic E-state index is 0.153. The molecule has 4 nitrogen and oxygen atoms in total. The quantitative estimate of drug-likeness (QED) is 0.838. The predicted molar refractivity (Wildman–Crippen MR) is 68.3 cm³/mol. The number of likely N-dealkylation sites (N-methyl/N-ethyl adjacent to an activating group) is 1. The SMILES string of the molecule is CN1CC[N]C(c2nc3cc(Cl)ccc3[nH]2)C1. The van der Waals surface area contributed by atoms with Crippen molar-refractivity contribution in [3.05, 3.63) is 29.0 Å². The fraction of sp³-hybridized carbons (Fsp3) is 0.417. The van der Waals surface area contributed by atoms with E-state index >= 15 is 0 Å². The van der Waals surface area contributed by atoms with E-state index in [0.29, 0.717) is 5.02 Å². The van der Waals surface area contributed by atoms with Crippen LogP contribution in [0.15, 0.2) is 18.2 Å². The molecule has 0 bridgehead atoms. The van der Waals surface area contributed by atoms with Crippen LogP contribution < -0.4 is 5.32 Å². The van der Waals surface area contributed by atoms with Gasteiger partial charge in [-0.2, -0.15) is 0 Å². The lowest BCUT2D eigenvalue weighted by molar-refractivity contribution is 0.232. The Morgan fingerprint density at radius 2 is 2.35 bits per heavy atom. The second kappa shape index (κ2) is 4.29. The molecule has 2 heterocycles. The molecule has 2 aromatic rings. The van der Waals surface area contributed by atoms with Gasteiger partial charge >= 0.3 is 0 Å². The fourth-order valence-electron chi connectivity index (χ4n) is 2.16. The number of benzene rings is 1. The molecule has 89 valence electrons. The second-order valence-corrected chi connectivity index (χ2v) is 4.90. The number of hydrogen-bond acceptors (Lipinski definition) is 2. The lowest BCUT2D eigenvalue weighted by atomic mass is 10.2. The maximum Gasteiger partial charge on any atom is 0.127 e. The van der Waals surface area contributed by atoms with Crippen molar-refractivity contribution in [2.75, 3.05) is 26.7 Å². The molecule has 1 aliphatic heterocycles. The number of fused-ring (bicyclic) bond motifs is 1. The third-order valence-corrected chi connectivity index (χ3v) is 3.33. The molecular formula is C12H14ClN4. The van der Waals surface area contributed by atoms with Gasteiger partial charge in [-0.1, -0.05) is 11.6 Å². The largest absolute Gasteiger partial charge is 0.341 e. The highest BCUT2D eigenvalue weighted by Gasteiger charge is 2.22. The lowest BCUT2D eigenvalue weighted by Gasteiger charge is -2.28. The van der Waals surface area contributed by atoms with Gasteiger partial charge in [-0.3, -0.25) is 0 Å². The number of hydrogen-bond donors (Lipinski definition) is 1. The molecule has 3 rings (SSSR count). The average Bonchev–Trinajstić information content (AvgIpc) is 2.72. The lowest BCUT2D eigenvalue weighted by Crippen LogP contribution is -2.40. The summed E-state index contributed by atoms with van der Waals surface area (Å²) >= 11 is 5.95. The van der Waals surface area contributed by atoms with Gasteiger partial charge in [-0.05, 0) is 25.2 Å². The Labute approximate surface area is 105 Å². The summed E-state index contributed by atoms with van der Waals surface area (Å²) in [5.74, 6) is 0.939. The monoisotopic (exact) mass is 249 g/mol. The number of piperazine rings is 1. The number of H-pyrrole nitrogens is 1. The minimum atomic E-state index is 0.153. The van der Waals surface area contributed by atoms with E-state index in [2.05, 4.69) is 27.2 Å². The van der Waals surface area contributed by atoms with E-state index in [1.807, 2.05) is 18.2 Å². The maximum atomic E-state index is 5.95. The summed E-state index contributed by atoms with van der Waals surface area (Å²) in [6.45, 7) is 2.83. The summed E-state index contributed by atoms with van der Waals surface area (Å²) in [4.78, 5) is 10.2. The van der Waals surface area contributed by atoms with Crippen LogP contribution in [-0.4, -0.2) is 41.5 Å². The van der Waals surface area contributed by atoms with E-state index in [4.69, 9.17) is 11.6 Å². The Hall–Kier alpha value is -1.10. The van der Waals surface area contributed by atoms with Gasteiger partial charge in [0.05, 0.1) is 17.1 Å². The van der Waals surface area contributed by atoms with E-state index in [-0.39, 0.29) is 6.04 Å². The first-order valence-corrected chi connectivity index (χ1v) is 6.10. The molecule has 1 atom stereocenters. The van der Waals surface area contributed by atoms with Gasteiger partial charge in [0.15, 0.2) is 0 Å². The molecule has 1 radical (unpaired) electrons. The van der Waals surface area contributed by atoms with Crippen LogP contribution >= 0.6 is 11.6 Å². The van der Waals surface area contributed by atoms with Crippen LogP contribution in [0.25, 0.3) is 11.0 Å². The van der Waals surface area contributed by atoms with E-state index in [9.17, 15) is 0 Å². The summed E-state index contributed by atoms with van der Waals surface area (Å²) in [6, 6.07) is 5.86. The Balaban J connectivity index is 1.94. The highest BCUT2D eigenvalue weighted by molar-refractivity contribution is 6.31. The van der Waals surface area contributed by atoms with Crippen LogP contribution in [0.4, 0.5) is 0 Å². The fourth-order valence-corrected chi connectivity index (χ4v) is 2.32. The first kappa shape index (κ1) is 11.0. The third kappa shape index (κ3) is 2.16. The van der Waals surface area contributed by atoms with E-state index in [1.54, 1.807) is 0 Å². The molecule has 0 spiro atoms. The predicted octanol–water partition coefficient (Wildman–Crippen LogP) is 1.81. The van der Waals surface area contributed by atoms with Crippen LogP contribution in [0.2, 0.25) is 5.02 Å². The molecule has 0 amide bonds. The molecule has 1 N–H and O–H groups in total. The van der Waals surface area contributed by atoms with Crippen molar-refractivity contribution in [2.24, 2.45) is 0 Å². The highest BCUT2D eigenvalue weighted by Crippen LogP contribution is 2.21. The van der Waals surface area contributed by atoms with Crippen LogP contribution in [0, 0.1) is 0 Å². The summed E-state index contributed by atoms with van der Waals surface area (Å²) < 4.78 is 0. The highest BCUT2D eigenvalue weighted by atomic mass is 35.5. The van der Waals surface area contributed by atoms with Crippen molar-refractivity contribution in [3.63, 3.8) is 0 Å². The number of aromatic amines is 1. The van der Waals surface area contributed by atoms with Gasteiger partial charge in [-0.15, -0.1) is 0 Å². The van der Waals surface area contributed by atoms with Crippen LogP contribution in [0.5, 0.6) is 0 Å². The second-order valence-electron chi connectivity index (χ2n) is 4.47. The van der Waals surface area contributed by atoms with E-state index < -0.39 is 0 Å². The molecule has 1 saturated heterocycles. The van der Waals surface area contributed by atoms with Gasteiger partial charge in [0, 0.05) is 24.7 Å². The summed E-state index contributed by atoms with van der Waals surface area (Å²) in [7, 11) is 2.11. The van der Waals surface area contributed by atoms with Gasteiger partial charge in [0.1, 0.15) is 5.82 Å². The number of nitrogens with one attached hydrogen (secondary N) is 1.